The molecule has 0 unspecified atom stereocenters. The number of carbonyl (C=O) groups is 1. The standard InChI is InChI=1S/C17H26N2O3S/c1-12(2)18(5)16-7-6-13(3)10-15(16)17(20)19-8-9-23(21,22)11-14(19)4/h6-7,10,12,14H,8-9,11H2,1-5H3/t14-/m1/s1. The minimum atomic E-state index is -3.03. The second-order valence-corrected chi connectivity index (χ2v) is 8.92. The number of amides is 1. The van der Waals surface area contributed by atoms with Crippen molar-refractivity contribution >= 4 is 21.4 Å². The molecular weight excluding hydrogens is 312 g/mol. The van der Waals surface area contributed by atoms with E-state index in [2.05, 4.69) is 18.7 Å². The molecule has 1 saturated heterocycles. The fourth-order valence-corrected chi connectivity index (χ4v) is 4.42. The predicted molar refractivity (Wildman–Crippen MR) is 93.9 cm³/mol. The van der Waals surface area contributed by atoms with Crippen LogP contribution in [0.25, 0.3) is 0 Å². The van der Waals surface area contributed by atoms with E-state index >= 15 is 0 Å². The molecule has 0 aliphatic carbocycles. The van der Waals surface area contributed by atoms with Crippen LogP contribution in [0.3, 0.4) is 0 Å². The third-order valence-corrected chi connectivity index (χ3v) is 6.26. The Morgan fingerprint density at radius 3 is 2.57 bits per heavy atom. The van der Waals surface area contributed by atoms with Crippen molar-refractivity contribution in [2.75, 3.05) is 30.0 Å². The Kier molecular flexibility index (Phi) is 5.04. The van der Waals surface area contributed by atoms with E-state index in [0.717, 1.165) is 11.3 Å². The van der Waals surface area contributed by atoms with Crippen molar-refractivity contribution in [3.63, 3.8) is 0 Å². The summed E-state index contributed by atoms with van der Waals surface area (Å²) in [6, 6.07) is 5.83. The molecule has 1 atom stereocenters. The minimum absolute atomic E-state index is 0.0416. The molecule has 23 heavy (non-hydrogen) atoms. The summed E-state index contributed by atoms with van der Waals surface area (Å²) < 4.78 is 23.5. The van der Waals surface area contributed by atoms with Gasteiger partial charge in [0.25, 0.3) is 5.91 Å². The molecule has 1 aromatic rings. The third kappa shape index (κ3) is 3.86. The van der Waals surface area contributed by atoms with Crippen molar-refractivity contribution in [2.24, 2.45) is 0 Å². The zero-order valence-corrected chi connectivity index (χ0v) is 15.4. The zero-order valence-electron chi connectivity index (χ0n) is 14.5. The third-order valence-electron chi connectivity index (χ3n) is 4.47. The van der Waals surface area contributed by atoms with Crippen LogP contribution < -0.4 is 4.90 Å². The lowest BCUT2D eigenvalue weighted by Gasteiger charge is -2.35. The zero-order chi connectivity index (χ0) is 17.4. The summed E-state index contributed by atoms with van der Waals surface area (Å²) in [7, 11) is -1.06. The second kappa shape index (κ2) is 6.51. The Balaban J connectivity index is 2.37. The van der Waals surface area contributed by atoms with Crippen LogP contribution in [0.5, 0.6) is 0 Å². The average Bonchev–Trinajstić information content (AvgIpc) is 2.44. The first-order valence-corrected chi connectivity index (χ1v) is 9.79. The molecule has 1 aliphatic heterocycles. The monoisotopic (exact) mass is 338 g/mol. The van der Waals surface area contributed by atoms with Gasteiger partial charge in [-0.1, -0.05) is 11.6 Å². The molecule has 0 bridgehead atoms. The highest BCUT2D eigenvalue weighted by atomic mass is 32.2. The van der Waals surface area contributed by atoms with Gasteiger partial charge in [0.2, 0.25) is 0 Å². The van der Waals surface area contributed by atoms with Crippen molar-refractivity contribution in [3.05, 3.63) is 29.3 Å². The van der Waals surface area contributed by atoms with E-state index in [1.807, 2.05) is 32.2 Å². The summed E-state index contributed by atoms with van der Waals surface area (Å²) in [6.07, 6.45) is 0. The van der Waals surface area contributed by atoms with E-state index in [9.17, 15) is 13.2 Å². The van der Waals surface area contributed by atoms with E-state index in [1.54, 1.807) is 11.8 Å². The maximum atomic E-state index is 13.0. The van der Waals surface area contributed by atoms with Crippen molar-refractivity contribution in [1.29, 1.82) is 0 Å². The number of nitrogens with zero attached hydrogens (tertiary/aromatic N) is 2. The van der Waals surface area contributed by atoms with Crippen molar-refractivity contribution in [2.45, 2.75) is 39.8 Å². The van der Waals surface area contributed by atoms with Crippen LogP contribution in [0.15, 0.2) is 18.2 Å². The van der Waals surface area contributed by atoms with Gasteiger partial charge < -0.3 is 9.80 Å². The SMILES string of the molecule is Cc1ccc(N(C)C(C)C)c(C(=O)N2CCS(=O)(=O)C[C@H]2C)c1. The molecule has 0 N–H and O–H groups in total. The van der Waals surface area contributed by atoms with Crippen molar-refractivity contribution < 1.29 is 13.2 Å². The van der Waals surface area contributed by atoms with E-state index in [4.69, 9.17) is 0 Å². The highest BCUT2D eigenvalue weighted by molar-refractivity contribution is 7.91. The van der Waals surface area contributed by atoms with Crippen LogP contribution in [-0.4, -0.2) is 56.4 Å². The van der Waals surface area contributed by atoms with E-state index in [-0.39, 0.29) is 36.0 Å². The Labute approximate surface area is 139 Å². The summed E-state index contributed by atoms with van der Waals surface area (Å²) in [6.45, 7) is 8.17. The van der Waals surface area contributed by atoms with Gasteiger partial charge in [0.15, 0.2) is 9.84 Å². The Morgan fingerprint density at radius 1 is 1.35 bits per heavy atom. The van der Waals surface area contributed by atoms with Crippen LogP contribution in [0.2, 0.25) is 0 Å². The van der Waals surface area contributed by atoms with Crippen molar-refractivity contribution in [3.8, 4) is 0 Å². The number of benzene rings is 1. The lowest BCUT2D eigenvalue weighted by Crippen LogP contribution is -2.50. The second-order valence-electron chi connectivity index (χ2n) is 6.69. The van der Waals surface area contributed by atoms with Gasteiger partial charge in [-0.05, 0) is 39.8 Å². The summed E-state index contributed by atoms with van der Waals surface area (Å²) in [5, 5.41) is 0. The largest absolute Gasteiger partial charge is 0.372 e. The quantitative estimate of drug-likeness (QED) is 0.847. The molecule has 2 rings (SSSR count). The molecule has 0 aromatic heterocycles. The fourth-order valence-electron chi connectivity index (χ4n) is 2.86. The number of hydrogen-bond acceptors (Lipinski definition) is 4. The summed E-state index contributed by atoms with van der Waals surface area (Å²) in [5.41, 5.74) is 2.55. The van der Waals surface area contributed by atoms with Gasteiger partial charge in [0, 0.05) is 31.4 Å². The number of anilines is 1. The van der Waals surface area contributed by atoms with Crippen LogP contribution in [0, 0.1) is 6.92 Å². The minimum Gasteiger partial charge on any atom is -0.372 e. The van der Waals surface area contributed by atoms with Crippen LogP contribution in [0.4, 0.5) is 5.69 Å². The summed E-state index contributed by atoms with van der Waals surface area (Å²) in [4.78, 5) is 16.8. The van der Waals surface area contributed by atoms with E-state index < -0.39 is 9.84 Å². The van der Waals surface area contributed by atoms with E-state index in [1.165, 1.54) is 0 Å². The first kappa shape index (κ1) is 17.8. The van der Waals surface area contributed by atoms with Gasteiger partial charge in [-0.2, -0.15) is 0 Å². The molecule has 0 saturated carbocycles. The first-order chi connectivity index (χ1) is 10.6. The maximum absolute atomic E-state index is 13.0. The smallest absolute Gasteiger partial charge is 0.256 e. The summed E-state index contributed by atoms with van der Waals surface area (Å²) in [5.74, 6) is 0.00283. The van der Waals surface area contributed by atoms with Crippen molar-refractivity contribution in [1.82, 2.24) is 4.90 Å². The van der Waals surface area contributed by atoms with Gasteiger partial charge in [-0.3, -0.25) is 4.79 Å². The molecule has 6 heteroatoms. The lowest BCUT2D eigenvalue weighted by atomic mass is 10.1. The molecule has 1 aromatic carbocycles. The molecule has 1 aliphatic rings. The fraction of sp³-hybridized carbons (Fsp3) is 0.588. The van der Waals surface area contributed by atoms with Crippen LogP contribution >= 0.6 is 0 Å². The van der Waals surface area contributed by atoms with E-state index in [0.29, 0.717) is 5.56 Å². The number of carbonyl (C=O) groups excluding carboxylic acids is 1. The van der Waals surface area contributed by atoms with Crippen LogP contribution in [-0.2, 0) is 9.84 Å². The average molecular weight is 338 g/mol. The highest BCUT2D eigenvalue weighted by Crippen LogP contribution is 2.26. The molecule has 1 fully saturated rings. The predicted octanol–water partition coefficient (Wildman–Crippen LogP) is 2.10. The first-order valence-electron chi connectivity index (χ1n) is 7.97. The van der Waals surface area contributed by atoms with Gasteiger partial charge in [0.1, 0.15) is 0 Å². The summed E-state index contributed by atoms with van der Waals surface area (Å²) >= 11 is 0. The Hall–Kier alpha value is -1.56. The Morgan fingerprint density at radius 2 is 2.00 bits per heavy atom. The van der Waals surface area contributed by atoms with Crippen LogP contribution in [0.1, 0.15) is 36.7 Å². The van der Waals surface area contributed by atoms with Gasteiger partial charge in [-0.15, -0.1) is 0 Å². The van der Waals surface area contributed by atoms with Gasteiger partial charge in [0.05, 0.1) is 17.1 Å². The highest BCUT2D eigenvalue weighted by Gasteiger charge is 2.33. The molecule has 1 heterocycles. The Bertz CT molecular complexity index is 698. The topological polar surface area (TPSA) is 57.7 Å². The molecule has 1 amide bonds. The van der Waals surface area contributed by atoms with Gasteiger partial charge >= 0.3 is 0 Å². The molecule has 0 spiro atoms. The lowest BCUT2D eigenvalue weighted by molar-refractivity contribution is 0.0713. The molecule has 5 nitrogen and oxygen atoms in total. The molecular formula is C17H26N2O3S. The number of aryl methyl sites for hydroxylation is 1. The number of hydrogen-bond donors (Lipinski definition) is 0. The normalized spacial score (nSPS) is 20.6. The molecule has 128 valence electrons. The number of rotatable bonds is 3. The maximum Gasteiger partial charge on any atom is 0.256 e. The molecule has 0 radical (unpaired) electrons. The van der Waals surface area contributed by atoms with Gasteiger partial charge in [-0.25, -0.2) is 8.42 Å². The number of sulfone groups is 1.